The first-order valence-corrected chi connectivity index (χ1v) is 5.70. The summed E-state index contributed by atoms with van der Waals surface area (Å²) in [6.07, 6.45) is 6.90. The van der Waals surface area contributed by atoms with Crippen LogP contribution in [-0.2, 0) is 0 Å². The molecule has 1 fully saturated rings. The standard InChI is InChI=1S/C11H15BFNO2/c13-10-6-11(8-4-2-1-3-5-8)14-7-9(10)12(15)16/h6-8,15-16H,1-5H2. The summed E-state index contributed by atoms with van der Waals surface area (Å²) in [6, 6.07) is 1.34. The topological polar surface area (TPSA) is 53.4 Å². The van der Waals surface area contributed by atoms with Gasteiger partial charge in [0.15, 0.2) is 0 Å². The first-order valence-electron chi connectivity index (χ1n) is 5.70. The molecular formula is C11H15BFNO2. The maximum Gasteiger partial charge on any atom is 0.493 e. The second-order valence-electron chi connectivity index (χ2n) is 4.34. The average Bonchev–Trinajstić information content (AvgIpc) is 2.29. The van der Waals surface area contributed by atoms with Gasteiger partial charge in [-0.2, -0.15) is 0 Å². The van der Waals surface area contributed by atoms with Crippen molar-refractivity contribution in [2.24, 2.45) is 0 Å². The molecule has 1 aromatic rings. The van der Waals surface area contributed by atoms with E-state index in [4.69, 9.17) is 10.0 Å². The largest absolute Gasteiger partial charge is 0.493 e. The fourth-order valence-corrected chi connectivity index (χ4v) is 2.27. The Kier molecular flexibility index (Phi) is 3.56. The van der Waals surface area contributed by atoms with E-state index < -0.39 is 12.9 Å². The first-order chi connectivity index (χ1) is 7.68. The summed E-state index contributed by atoms with van der Waals surface area (Å²) >= 11 is 0. The average molecular weight is 223 g/mol. The number of nitrogens with zero attached hydrogens (tertiary/aromatic N) is 1. The van der Waals surface area contributed by atoms with Crippen molar-refractivity contribution in [2.75, 3.05) is 0 Å². The van der Waals surface area contributed by atoms with E-state index >= 15 is 0 Å². The van der Waals surface area contributed by atoms with Crippen LogP contribution in [0, 0.1) is 5.82 Å². The zero-order valence-corrected chi connectivity index (χ0v) is 9.06. The molecule has 1 aliphatic rings. The van der Waals surface area contributed by atoms with Crippen LogP contribution in [0.1, 0.15) is 43.7 Å². The highest BCUT2D eigenvalue weighted by Gasteiger charge is 2.21. The molecule has 0 amide bonds. The number of rotatable bonds is 2. The molecule has 1 aromatic heterocycles. The lowest BCUT2D eigenvalue weighted by atomic mass is 9.80. The normalized spacial score (nSPS) is 17.4. The Balaban J connectivity index is 2.19. The Morgan fingerprint density at radius 1 is 1.25 bits per heavy atom. The summed E-state index contributed by atoms with van der Waals surface area (Å²) in [6.45, 7) is 0. The molecule has 5 heteroatoms. The van der Waals surface area contributed by atoms with Crippen molar-refractivity contribution in [3.63, 3.8) is 0 Å². The lowest BCUT2D eigenvalue weighted by Gasteiger charge is -2.21. The minimum absolute atomic E-state index is 0.153. The zero-order valence-electron chi connectivity index (χ0n) is 9.06. The molecule has 0 spiro atoms. The highest BCUT2D eigenvalue weighted by Crippen LogP contribution is 2.31. The van der Waals surface area contributed by atoms with E-state index in [9.17, 15) is 4.39 Å². The van der Waals surface area contributed by atoms with Crippen LogP contribution in [0.5, 0.6) is 0 Å². The summed E-state index contributed by atoms with van der Waals surface area (Å²) in [5.74, 6) is -0.251. The van der Waals surface area contributed by atoms with E-state index in [1.54, 1.807) is 0 Å². The van der Waals surface area contributed by atoms with Crippen molar-refractivity contribution < 1.29 is 14.4 Å². The summed E-state index contributed by atoms with van der Waals surface area (Å²) in [5, 5.41) is 17.8. The summed E-state index contributed by atoms with van der Waals surface area (Å²) in [7, 11) is -1.78. The molecular weight excluding hydrogens is 208 g/mol. The summed E-state index contributed by atoms with van der Waals surface area (Å²) < 4.78 is 13.5. The third-order valence-corrected chi connectivity index (χ3v) is 3.20. The molecule has 86 valence electrons. The van der Waals surface area contributed by atoms with Crippen LogP contribution in [0.3, 0.4) is 0 Å². The smallest absolute Gasteiger partial charge is 0.423 e. The Morgan fingerprint density at radius 2 is 1.94 bits per heavy atom. The third-order valence-electron chi connectivity index (χ3n) is 3.20. The Hall–Kier alpha value is -0.935. The fourth-order valence-electron chi connectivity index (χ4n) is 2.27. The maximum atomic E-state index is 13.5. The van der Waals surface area contributed by atoms with E-state index in [2.05, 4.69) is 4.98 Å². The van der Waals surface area contributed by atoms with E-state index in [0.717, 1.165) is 18.5 Å². The van der Waals surface area contributed by atoms with E-state index in [-0.39, 0.29) is 5.46 Å². The van der Waals surface area contributed by atoms with Gasteiger partial charge in [0, 0.05) is 23.3 Å². The second-order valence-corrected chi connectivity index (χ2v) is 4.34. The molecule has 0 bridgehead atoms. The fraction of sp³-hybridized carbons (Fsp3) is 0.545. The van der Waals surface area contributed by atoms with Gasteiger partial charge in [-0.05, 0) is 18.9 Å². The molecule has 0 aliphatic heterocycles. The van der Waals surface area contributed by atoms with Crippen molar-refractivity contribution in [1.29, 1.82) is 0 Å². The molecule has 3 nitrogen and oxygen atoms in total. The molecule has 1 aliphatic carbocycles. The van der Waals surface area contributed by atoms with Gasteiger partial charge in [0.05, 0.1) is 0 Å². The predicted octanol–water partition coefficient (Wildman–Crippen LogP) is 0.948. The van der Waals surface area contributed by atoms with Gasteiger partial charge in [-0.1, -0.05) is 19.3 Å². The van der Waals surface area contributed by atoms with E-state index in [1.807, 2.05) is 0 Å². The Morgan fingerprint density at radius 3 is 2.50 bits per heavy atom. The number of halogens is 1. The molecule has 0 aromatic carbocycles. The summed E-state index contributed by atoms with van der Waals surface area (Å²) in [4.78, 5) is 4.12. The number of pyridine rings is 1. The molecule has 0 saturated heterocycles. The minimum Gasteiger partial charge on any atom is -0.423 e. The van der Waals surface area contributed by atoms with Gasteiger partial charge in [-0.25, -0.2) is 4.39 Å². The highest BCUT2D eigenvalue weighted by atomic mass is 19.1. The van der Waals surface area contributed by atoms with Gasteiger partial charge in [0.2, 0.25) is 0 Å². The number of hydrogen-bond acceptors (Lipinski definition) is 3. The monoisotopic (exact) mass is 223 g/mol. The predicted molar refractivity (Wildman–Crippen MR) is 59.8 cm³/mol. The van der Waals surface area contributed by atoms with Gasteiger partial charge in [0.25, 0.3) is 0 Å². The molecule has 1 saturated carbocycles. The molecule has 0 radical (unpaired) electrons. The quantitative estimate of drug-likeness (QED) is 0.734. The van der Waals surface area contributed by atoms with Crippen molar-refractivity contribution in [3.8, 4) is 0 Å². The van der Waals surface area contributed by atoms with E-state index in [1.165, 1.54) is 31.5 Å². The van der Waals surface area contributed by atoms with Crippen molar-refractivity contribution in [2.45, 2.75) is 38.0 Å². The number of hydrogen-bond donors (Lipinski definition) is 2. The third kappa shape index (κ3) is 2.41. The van der Waals surface area contributed by atoms with Crippen LogP contribution in [0.4, 0.5) is 4.39 Å². The van der Waals surface area contributed by atoms with Crippen LogP contribution in [0.25, 0.3) is 0 Å². The van der Waals surface area contributed by atoms with Crippen LogP contribution in [0.2, 0.25) is 0 Å². The Bertz CT molecular complexity index is 367. The molecule has 2 rings (SSSR count). The van der Waals surface area contributed by atoms with Gasteiger partial charge in [-0.3, -0.25) is 4.98 Å². The van der Waals surface area contributed by atoms with Gasteiger partial charge < -0.3 is 10.0 Å². The van der Waals surface area contributed by atoms with Crippen molar-refractivity contribution in [3.05, 3.63) is 23.8 Å². The zero-order chi connectivity index (χ0) is 11.5. The molecule has 16 heavy (non-hydrogen) atoms. The highest BCUT2D eigenvalue weighted by molar-refractivity contribution is 6.58. The van der Waals surface area contributed by atoms with Crippen LogP contribution < -0.4 is 5.46 Å². The first kappa shape index (κ1) is 11.5. The van der Waals surface area contributed by atoms with Gasteiger partial charge in [0.1, 0.15) is 5.82 Å². The maximum absolute atomic E-state index is 13.5. The van der Waals surface area contributed by atoms with Crippen LogP contribution in [0.15, 0.2) is 12.3 Å². The lowest BCUT2D eigenvalue weighted by Crippen LogP contribution is -2.33. The molecule has 2 N–H and O–H groups in total. The van der Waals surface area contributed by atoms with Gasteiger partial charge in [-0.15, -0.1) is 0 Å². The summed E-state index contributed by atoms with van der Waals surface area (Å²) in [5.41, 5.74) is 0.584. The van der Waals surface area contributed by atoms with Crippen LogP contribution in [-0.4, -0.2) is 22.2 Å². The van der Waals surface area contributed by atoms with E-state index in [0.29, 0.717) is 5.92 Å². The molecule has 1 heterocycles. The Labute approximate surface area is 94.5 Å². The molecule has 0 atom stereocenters. The van der Waals surface area contributed by atoms with Crippen molar-refractivity contribution >= 4 is 12.6 Å². The van der Waals surface area contributed by atoms with Gasteiger partial charge >= 0.3 is 7.12 Å². The second kappa shape index (κ2) is 4.93. The minimum atomic E-state index is -1.78. The SMILES string of the molecule is OB(O)c1cnc(C2CCCCC2)cc1F. The lowest BCUT2D eigenvalue weighted by molar-refractivity contribution is 0.420. The molecule has 0 unspecified atom stereocenters. The van der Waals surface area contributed by atoms with Crippen LogP contribution >= 0.6 is 0 Å². The van der Waals surface area contributed by atoms with Crippen molar-refractivity contribution in [1.82, 2.24) is 4.98 Å². The number of aromatic nitrogens is 1.